The maximum absolute atomic E-state index is 14.2. The summed E-state index contributed by atoms with van der Waals surface area (Å²) in [6.45, 7) is 3.48. The topological polar surface area (TPSA) is 46.9 Å². The van der Waals surface area contributed by atoms with Crippen molar-refractivity contribution in [2.24, 2.45) is 0 Å². The van der Waals surface area contributed by atoms with E-state index in [-0.39, 0.29) is 5.82 Å². The van der Waals surface area contributed by atoms with Crippen LogP contribution in [-0.2, 0) is 17.3 Å². The Morgan fingerprint density at radius 3 is 2.79 bits per heavy atom. The lowest BCUT2D eigenvalue weighted by Gasteiger charge is -2.09. The third kappa shape index (κ3) is 3.44. The Bertz CT molecular complexity index is 848. The number of aromatic nitrogens is 2. The molecule has 0 amide bonds. The number of hydrogen-bond acceptors (Lipinski definition) is 3. The number of nitrogens with one attached hydrogen (secondary N) is 1. The third-order valence-electron chi connectivity index (χ3n) is 3.57. The van der Waals surface area contributed by atoms with E-state index < -0.39 is 10.8 Å². The largest absolute Gasteiger partial charge is 0.313 e. The Labute approximate surface area is 142 Å². The standard InChI is InChI=1S/C18H18FN3OS/c1-2-20-11-14-10-18(24(23)15-6-5-9-21-12-15)22(13-14)17-8-4-3-7-16(17)19/h3-10,12-13,20H,2,11H2,1H3. The van der Waals surface area contributed by atoms with Crippen LogP contribution < -0.4 is 5.32 Å². The van der Waals surface area contributed by atoms with Gasteiger partial charge in [0.15, 0.2) is 0 Å². The lowest BCUT2D eigenvalue weighted by molar-refractivity contribution is 0.613. The summed E-state index contributed by atoms with van der Waals surface area (Å²) in [5.41, 5.74) is 1.33. The molecule has 1 aromatic carbocycles. The molecule has 1 unspecified atom stereocenters. The van der Waals surface area contributed by atoms with E-state index in [0.717, 1.165) is 12.1 Å². The number of pyridine rings is 1. The van der Waals surface area contributed by atoms with Crippen LogP contribution in [0, 0.1) is 5.82 Å². The molecular formula is C18H18FN3OS. The summed E-state index contributed by atoms with van der Waals surface area (Å²) in [5.74, 6) is -0.354. The number of benzene rings is 1. The highest BCUT2D eigenvalue weighted by Crippen LogP contribution is 2.24. The smallest absolute Gasteiger partial charge is 0.147 e. The third-order valence-corrected chi connectivity index (χ3v) is 4.93. The van der Waals surface area contributed by atoms with Crippen molar-refractivity contribution >= 4 is 10.8 Å². The Kier molecular flexibility index (Phi) is 5.17. The second kappa shape index (κ2) is 7.51. The molecule has 0 aliphatic carbocycles. The van der Waals surface area contributed by atoms with Crippen molar-refractivity contribution in [3.63, 3.8) is 0 Å². The van der Waals surface area contributed by atoms with Crippen molar-refractivity contribution < 1.29 is 8.60 Å². The summed E-state index contributed by atoms with van der Waals surface area (Å²) < 4.78 is 28.8. The first kappa shape index (κ1) is 16.5. The fourth-order valence-corrected chi connectivity index (χ4v) is 3.60. The Balaban J connectivity index is 2.08. The monoisotopic (exact) mass is 343 g/mol. The molecule has 2 heterocycles. The van der Waals surface area contributed by atoms with E-state index in [1.54, 1.807) is 47.3 Å². The van der Waals surface area contributed by atoms with Crippen LogP contribution in [0.15, 0.2) is 71.0 Å². The molecule has 0 bridgehead atoms. The van der Waals surface area contributed by atoms with Gasteiger partial charge in [0.1, 0.15) is 21.6 Å². The zero-order valence-electron chi connectivity index (χ0n) is 13.3. The van der Waals surface area contributed by atoms with Crippen LogP contribution in [0.3, 0.4) is 0 Å². The summed E-state index contributed by atoms with van der Waals surface area (Å²) in [4.78, 5) is 4.61. The SMILES string of the molecule is CCNCc1cc(S(=O)c2cccnc2)n(-c2ccccc2F)c1. The van der Waals surface area contributed by atoms with Gasteiger partial charge in [-0.3, -0.25) is 4.98 Å². The van der Waals surface area contributed by atoms with Crippen LogP contribution in [0.2, 0.25) is 0 Å². The van der Waals surface area contributed by atoms with Crippen molar-refractivity contribution in [2.75, 3.05) is 6.54 Å². The maximum atomic E-state index is 14.2. The van der Waals surface area contributed by atoms with E-state index in [1.807, 2.05) is 19.2 Å². The van der Waals surface area contributed by atoms with E-state index in [1.165, 1.54) is 6.07 Å². The summed E-state index contributed by atoms with van der Waals surface area (Å²) in [6.07, 6.45) is 5.02. The van der Waals surface area contributed by atoms with Gasteiger partial charge in [-0.1, -0.05) is 19.1 Å². The Hall–Kier alpha value is -2.31. The van der Waals surface area contributed by atoms with E-state index in [4.69, 9.17) is 0 Å². The van der Waals surface area contributed by atoms with Gasteiger partial charge < -0.3 is 9.88 Å². The van der Waals surface area contributed by atoms with Gasteiger partial charge >= 0.3 is 0 Å². The quantitative estimate of drug-likeness (QED) is 0.747. The minimum atomic E-state index is -1.45. The van der Waals surface area contributed by atoms with Crippen molar-refractivity contribution in [1.82, 2.24) is 14.9 Å². The molecule has 0 saturated carbocycles. The molecule has 0 fully saturated rings. The fourth-order valence-electron chi connectivity index (χ4n) is 2.42. The number of halogens is 1. The van der Waals surface area contributed by atoms with Crippen molar-refractivity contribution in [3.8, 4) is 5.69 Å². The van der Waals surface area contributed by atoms with Crippen molar-refractivity contribution in [2.45, 2.75) is 23.4 Å². The Morgan fingerprint density at radius 1 is 1.25 bits per heavy atom. The van der Waals surface area contributed by atoms with Gasteiger partial charge in [-0.2, -0.15) is 0 Å². The average molecular weight is 343 g/mol. The van der Waals surface area contributed by atoms with Gasteiger partial charge in [0.25, 0.3) is 0 Å². The molecule has 1 N–H and O–H groups in total. The minimum absolute atomic E-state index is 0.354. The molecule has 2 aromatic heterocycles. The molecule has 3 aromatic rings. The zero-order valence-corrected chi connectivity index (χ0v) is 14.1. The summed E-state index contributed by atoms with van der Waals surface area (Å²) in [5, 5.41) is 3.76. The van der Waals surface area contributed by atoms with Gasteiger partial charge in [0, 0.05) is 25.1 Å². The van der Waals surface area contributed by atoms with Crippen molar-refractivity contribution in [1.29, 1.82) is 0 Å². The highest BCUT2D eigenvalue weighted by molar-refractivity contribution is 7.85. The normalized spacial score (nSPS) is 12.2. The summed E-state index contributed by atoms with van der Waals surface area (Å²) in [6, 6.07) is 11.8. The maximum Gasteiger partial charge on any atom is 0.147 e. The number of hydrogen-bond donors (Lipinski definition) is 1. The van der Waals surface area contributed by atoms with Crippen molar-refractivity contribution in [3.05, 3.63) is 72.4 Å². The average Bonchev–Trinajstić information content (AvgIpc) is 3.04. The van der Waals surface area contributed by atoms with Crippen LogP contribution in [0.4, 0.5) is 4.39 Å². The second-order valence-corrected chi connectivity index (χ2v) is 6.67. The predicted molar refractivity (Wildman–Crippen MR) is 92.0 cm³/mol. The van der Waals surface area contributed by atoms with Gasteiger partial charge in [-0.05, 0) is 42.4 Å². The molecule has 0 saturated heterocycles. The van der Waals surface area contributed by atoms with Crippen LogP contribution in [0.1, 0.15) is 12.5 Å². The van der Waals surface area contributed by atoms with E-state index in [2.05, 4.69) is 10.3 Å². The van der Waals surface area contributed by atoms with E-state index >= 15 is 0 Å². The molecule has 0 aliphatic heterocycles. The molecule has 6 heteroatoms. The first-order chi connectivity index (χ1) is 11.7. The molecule has 3 rings (SSSR count). The molecular weight excluding hydrogens is 325 g/mol. The van der Waals surface area contributed by atoms with E-state index in [9.17, 15) is 8.60 Å². The van der Waals surface area contributed by atoms with Gasteiger partial charge in [-0.15, -0.1) is 0 Å². The Morgan fingerprint density at radius 2 is 2.08 bits per heavy atom. The van der Waals surface area contributed by atoms with Gasteiger partial charge in [-0.25, -0.2) is 8.60 Å². The molecule has 0 aliphatic rings. The lowest BCUT2D eigenvalue weighted by Crippen LogP contribution is -2.10. The molecule has 1 atom stereocenters. The van der Waals surface area contributed by atoms with Gasteiger partial charge in [0.2, 0.25) is 0 Å². The predicted octanol–water partition coefficient (Wildman–Crippen LogP) is 3.29. The lowest BCUT2D eigenvalue weighted by atomic mass is 10.3. The van der Waals surface area contributed by atoms with Crippen LogP contribution in [0.5, 0.6) is 0 Å². The minimum Gasteiger partial charge on any atom is -0.313 e. The molecule has 0 spiro atoms. The van der Waals surface area contributed by atoms with E-state index in [0.29, 0.717) is 22.2 Å². The summed E-state index contributed by atoms with van der Waals surface area (Å²) in [7, 11) is -1.45. The second-order valence-electron chi connectivity index (χ2n) is 5.25. The fraction of sp³-hybridized carbons (Fsp3) is 0.167. The highest BCUT2D eigenvalue weighted by Gasteiger charge is 2.17. The first-order valence-corrected chi connectivity index (χ1v) is 8.84. The first-order valence-electron chi connectivity index (χ1n) is 7.69. The highest BCUT2D eigenvalue weighted by atomic mass is 32.2. The molecule has 4 nitrogen and oxygen atoms in total. The summed E-state index contributed by atoms with van der Waals surface area (Å²) >= 11 is 0. The number of para-hydroxylation sites is 1. The van der Waals surface area contributed by atoms with Crippen LogP contribution >= 0.6 is 0 Å². The number of nitrogens with zero attached hydrogens (tertiary/aromatic N) is 2. The molecule has 24 heavy (non-hydrogen) atoms. The molecule has 124 valence electrons. The van der Waals surface area contributed by atoms with Crippen LogP contribution in [0.25, 0.3) is 5.69 Å². The van der Waals surface area contributed by atoms with Crippen LogP contribution in [-0.4, -0.2) is 20.3 Å². The molecule has 0 radical (unpaired) electrons. The zero-order chi connectivity index (χ0) is 16.9. The number of rotatable bonds is 6. The van der Waals surface area contributed by atoms with Gasteiger partial charge in [0.05, 0.1) is 10.6 Å².